The van der Waals surface area contributed by atoms with Crippen molar-refractivity contribution in [1.29, 1.82) is 5.41 Å². The molecule has 1 fully saturated rings. The number of hydrogen-bond acceptors (Lipinski definition) is 5. The van der Waals surface area contributed by atoms with Crippen LogP contribution in [-0.4, -0.2) is 47.8 Å². The quantitative estimate of drug-likeness (QED) is 0.555. The molecule has 0 aromatic carbocycles. The lowest BCUT2D eigenvalue weighted by atomic mass is 10.1. The standard InChI is InChI=1S/C14H22N4O2/c1-8-4-9(2)17-14(12(8)13(15)16)18-5-11(6-19)20-7-10(18)3/h4,10-11,19H,5-7H2,1-3H3,(H3,15,16). The highest BCUT2D eigenvalue weighted by Crippen LogP contribution is 2.26. The van der Waals surface area contributed by atoms with E-state index < -0.39 is 0 Å². The van der Waals surface area contributed by atoms with Crippen LogP contribution in [0.25, 0.3) is 0 Å². The smallest absolute Gasteiger partial charge is 0.140 e. The molecule has 4 N–H and O–H groups in total. The molecular weight excluding hydrogens is 256 g/mol. The van der Waals surface area contributed by atoms with E-state index in [4.69, 9.17) is 15.9 Å². The van der Waals surface area contributed by atoms with Gasteiger partial charge in [-0.15, -0.1) is 0 Å². The van der Waals surface area contributed by atoms with Gasteiger partial charge in [0.05, 0.1) is 30.9 Å². The monoisotopic (exact) mass is 278 g/mol. The summed E-state index contributed by atoms with van der Waals surface area (Å²) in [5.74, 6) is 0.730. The van der Waals surface area contributed by atoms with Crippen LogP contribution in [0.1, 0.15) is 23.7 Å². The highest BCUT2D eigenvalue weighted by Gasteiger charge is 2.29. The number of aliphatic hydroxyl groups excluding tert-OH is 1. The van der Waals surface area contributed by atoms with E-state index in [-0.39, 0.29) is 24.6 Å². The van der Waals surface area contributed by atoms with E-state index in [1.165, 1.54) is 0 Å². The van der Waals surface area contributed by atoms with Gasteiger partial charge in [0.25, 0.3) is 0 Å². The van der Waals surface area contributed by atoms with Crippen molar-refractivity contribution in [2.75, 3.05) is 24.7 Å². The second-order valence-corrected chi connectivity index (χ2v) is 5.33. The van der Waals surface area contributed by atoms with Gasteiger partial charge in [-0.1, -0.05) is 0 Å². The van der Waals surface area contributed by atoms with Gasteiger partial charge in [-0.3, -0.25) is 5.41 Å². The predicted molar refractivity (Wildman–Crippen MR) is 78.4 cm³/mol. The van der Waals surface area contributed by atoms with Crippen LogP contribution in [0.15, 0.2) is 6.07 Å². The van der Waals surface area contributed by atoms with Gasteiger partial charge in [0.1, 0.15) is 11.7 Å². The van der Waals surface area contributed by atoms with E-state index in [1.807, 2.05) is 26.8 Å². The zero-order chi connectivity index (χ0) is 14.9. The highest BCUT2D eigenvalue weighted by molar-refractivity contribution is 6.01. The fraction of sp³-hybridized carbons (Fsp3) is 0.571. The molecule has 1 aliphatic rings. The van der Waals surface area contributed by atoms with Crippen LogP contribution in [0.3, 0.4) is 0 Å². The van der Waals surface area contributed by atoms with Crippen molar-refractivity contribution >= 4 is 11.7 Å². The zero-order valence-electron chi connectivity index (χ0n) is 12.2. The Morgan fingerprint density at radius 1 is 1.60 bits per heavy atom. The van der Waals surface area contributed by atoms with E-state index in [1.54, 1.807) is 0 Å². The summed E-state index contributed by atoms with van der Waals surface area (Å²) in [6.45, 7) is 6.95. The van der Waals surface area contributed by atoms with Gasteiger partial charge >= 0.3 is 0 Å². The van der Waals surface area contributed by atoms with Crippen molar-refractivity contribution in [3.63, 3.8) is 0 Å². The Balaban J connectivity index is 2.47. The van der Waals surface area contributed by atoms with Crippen molar-refractivity contribution in [1.82, 2.24) is 4.98 Å². The van der Waals surface area contributed by atoms with Gasteiger partial charge in [0.2, 0.25) is 0 Å². The topological polar surface area (TPSA) is 95.5 Å². The lowest BCUT2D eigenvalue weighted by Gasteiger charge is -2.39. The molecule has 20 heavy (non-hydrogen) atoms. The van der Waals surface area contributed by atoms with Crippen molar-refractivity contribution in [3.05, 3.63) is 22.9 Å². The van der Waals surface area contributed by atoms with Crippen LogP contribution in [0.2, 0.25) is 0 Å². The molecule has 2 rings (SSSR count). The van der Waals surface area contributed by atoms with Gasteiger partial charge < -0.3 is 20.5 Å². The van der Waals surface area contributed by atoms with Crippen LogP contribution >= 0.6 is 0 Å². The van der Waals surface area contributed by atoms with Crippen LogP contribution in [0.5, 0.6) is 0 Å². The number of aromatic nitrogens is 1. The van der Waals surface area contributed by atoms with Gasteiger partial charge in [-0.25, -0.2) is 4.98 Å². The summed E-state index contributed by atoms with van der Waals surface area (Å²) in [5.41, 5.74) is 8.22. The van der Waals surface area contributed by atoms with E-state index >= 15 is 0 Å². The number of amidine groups is 1. The minimum absolute atomic E-state index is 0.0178. The third-order valence-electron chi connectivity index (χ3n) is 3.58. The number of aryl methyl sites for hydroxylation is 2. The average molecular weight is 278 g/mol. The van der Waals surface area contributed by atoms with Crippen molar-refractivity contribution in [2.45, 2.75) is 32.9 Å². The third kappa shape index (κ3) is 2.76. The minimum atomic E-state index is -0.228. The van der Waals surface area contributed by atoms with Crippen LogP contribution in [0, 0.1) is 19.3 Å². The lowest BCUT2D eigenvalue weighted by Crippen LogP contribution is -2.50. The summed E-state index contributed by atoms with van der Waals surface area (Å²) in [6, 6.07) is 2.05. The van der Waals surface area contributed by atoms with Crippen molar-refractivity contribution in [3.8, 4) is 0 Å². The molecule has 0 saturated carbocycles. The van der Waals surface area contributed by atoms with Gasteiger partial charge in [0.15, 0.2) is 0 Å². The number of nitrogens with two attached hydrogens (primary N) is 1. The van der Waals surface area contributed by atoms with E-state index in [0.717, 1.165) is 11.3 Å². The first-order valence-corrected chi connectivity index (χ1v) is 6.75. The average Bonchev–Trinajstić information content (AvgIpc) is 2.37. The highest BCUT2D eigenvalue weighted by atomic mass is 16.5. The van der Waals surface area contributed by atoms with E-state index in [2.05, 4.69) is 9.88 Å². The number of morpholine rings is 1. The Hall–Kier alpha value is -1.66. The first-order valence-electron chi connectivity index (χ1n) is 6.75. The number of rotatable bonds is 3. The fourth-order valence-corrected chi connectivity index (χ4v) is 2.58. The molecule has 110 valence electrons. The van der Waals surface area contributed by atoms with Gasteiger partial charge in [-0.2, -0.15) is 0 Å². The predicted octanol–water partition coefficient (Wildman–Crippen LogP) is 0.569. The maximum Gasteiger partial charge on any atom is 0.140 e. The van der Waals surface area contributed by atoms with Crippen LogP contribution in [-0.2, 0) is 4.74 Å². The molecule has 1 aliphatic heterocycles. The molecule has 2 atom stereocenters. The molecule has 0 radical (unpaired) electrons. The summed E-state index contributed by atoms with van der Waals surface area (Å²) >= 11 is 0. The number of hydrogen-bond donors (Lipinski definition) is 3. The summed E-state index contributed by atoms with van der Waals surface area (Å²) in [6.07, 6.45) is -0.228. The number of aliphatic hydroxyl groups is 1. The number of nitrogen functional groups attached to an aromatic ring is 1. The Bertz CT molecular complexity index is 518. The number of ether oxygens (including phenoxy) is 1. The number of pyridine rings is 1. The Morgan fingerprint density at radius 3 is 2.90 bits per heavy atom. The second kappa shape index (κ2) is 5.76. The molecule has 6 heteroatoms. The Labute approximate surface area is 119 Å². The van der Waals surface area contributed by atoms with Crippen LogP contribution in [0.4, 0.5) is 5.82 Å². The van der Waals surface area contributed by atoms with E-state index in [9.17, 15) is 5.11 Å². The fourth-order valence-electron chi connectivity index (χ4n) is 2.58. The molecule has 0 bridgehead atoms. The van der Waals surface area contributed by atoms with Crippen molar-refractivity contribution in [2.24, 2.45) is 5.73 Å². The molecule has 2 unspecified atom stereocenters. The molecule has 1 saturated heterocycles. The zero-order valence-corrected chi connectivity index (χ0v) is 12.2. The maximum absolute atomic E-state index is 9.29. The number of nitrogens with one attached hydrogen (secondary N) is 1. The Kier molecular flexibility index (Phi) is 4.25. The van der Waals surface area contributed by atoms with Crippen molar-refractivity contribution < 1.29 is 9.84 Å². The normalized spacial score (nSPS) is 22.9. The maximum atomic E-state index is 9.29. The van der Waals surface area contributed by atoms with E-state index in [0.29, 0.717) is 24.5 Å². The molecule has 0 aliphatic carbocycles. The summed E-state index contributed by atoms with van der Waals surface area (Å²) in [5, 5.41) is 17.1. The molecule has 1 aromatic heterocycles. The SMILES string of the molecule is Cc1cc(C)c(C(=N)N)c(N2CC(CO)OCC2C)n1. The third-order valence-corrected chi connectivity index (χ3v) is 3.58. The number of nitrogens with zero attached hydrogens (tertiary/aromatic N) is 2. The van der Waals surface area contributed by atoms with Crippen LogP contribution < -0.4 is 10.6 Å². The molecule has 0 spiro atoms. The largest absolute Gasteiger partial charge is 0.394 e. The summed E-state index contributed by atoms with van der Waals surface area (Å²) in [4.78, 5) is 6.64. The molecule has 1 aromatic rings. The van der Waals surface area contributed by atoms with Gasteiger partial charge in [-0.05, 0) is 32.4 Å². The first kappa shape index (κ1) is 14.7. The molecular formula is C14H22N4O2. The number of anilines is 1. The molecule has 2 heterocycles. The second-order valence-electron chi connectivity index (χ2n) is 5.33. The summed E-state index contributed by atoms with van der Waals surface area (Å²) < 4.78 is 5.55. The minimum Gasteiger partial charge on any atom is -0.394 e. The van der Waals surface area contributed by atoms with Gasteiger partial charge in [0, 0.05) is 12.2 Å². The Morgan fingerprint density at radius 2 is 2.30 bits per heavy atom. The molecule has 6 nitrogen and oxygen atoms in total. The molecule has 0 amide bonds. The lowest BCUT2D eigenvalue weighted by molar-refractivity contribution is -0.0105. The first-order chi connectivity index (χ1) is 9.43. The summed E-state index contributed by atoms with van der Waals surface area (Å²) in [7, 11) is 0.